The number of carbonyl (C=O) groups is 2. The second-order valence-corrected chi connectivity index (χ2v) is 18.1. The van der Waals surface area contributed by atoms with E-state index >= 15 is 0 Å². The summed E-state index contributed by atoms with van der Waals surface area (Å²) in [5.74, 6) is 0.821. The molecule has 0 aliphatic carbocycles. The third-order valence-corrected chi connectivity index (χ3v) is 12.4. The van der Waals surface area contributed by atoms with Crippen LogP contribution in [0.1, 0.15) is 279 Å². The first-order valence-corrected chi connectivity index (χ1v) is 26.3. The highest BCUT2D eigenvalue weighted by atomic mass is 16.2. The average Bonchev–Trinajstić information content (AvgIpc) is 3.21. The summed E-state index contributed by atoms with van der Waals surface area (Å²) >= 11 is 0. The van der Waals surface area contributed by atoms with Crippen molar-refractivity contribution in [1.82, 2.24) is 14.7 Å². The Morgan fingerprint density at radius 3 is 0.684 bits per heavy atom. The molecule has 0 radical (unpaired) electrons. The number of rotatable bonds is 47. The molecule has 0 aliphatic rings. The minimum atomic E-state index is 0.410. The van der Waals surface area contributed by atoms with Crippen molar-refractivity contribution in [2.75, 3.05) is 45.8 Å². The van der Waals surface area contributed by atoms with E-state index in [0.29, 0.717) is 11.8 Å². The maximum Gasteiger partial charge on any atom is 0.222 e. The van der Waals surface area contributed by atoms with E-state index in [1.807, 2.05) is 0 Å². The third kappa shape index (κ3) is 38.8. The molecular weight excluding hydrogens is 699 g/mol. The van der Waals surface area contributed by atoms with Gasteiger partial charge in [0.25, 0.3) is 0 Å². The van der Waals surface area contributed by atoms with Crippen LogP contribution in [0.2, 0.25) is 0 Å². The maximum atomic E-state index is 13.4. The summed E-state index contributed by atoms with van der Waals surface area (Å²) < 4.78 is 0. The van der Waals surface area contributed by atoms with Gasteiger partial charge in [0.2, 0.25) is 11.8 Å². The van der Waals surface area contributed by atoms with Crippen LogP contribution in [0.25, 0.3) is 0 Å². The topological polar surface area (TPSA) is 43.9 Å². The third-order valence-electron chi connectivity index (χ3n) is 12.4. The minimum Gasteiger partial charge on any atom is -0.343 e. The van der Waals surface area contributed by atoms with Crippen LogP contribution in [-0.2, 0) is 9.59 Å². The lowest BCUT2D eigenvalue weighted by molar-refractivity contribution is -0.132. The van der Waals surface area contributed by atoms with Gasteiger partial charge in [-0.05, 0) is 77.4 Å². The van der Waals surface area contributed by atoms with E-state index in [1.165, 1.54) is 212 Å². The zero-order chi connectivity index (χ0) is 41.7. The Morgan fingerprint density at radius 1 is 0.246 bits per heavy atom. The lowest BCUT2D eigenvalue weighted by atomic mass is 10.1. The molecule has 0 saturated heterocycles. The normalized spacial score (nSPS) is 11.5. The van der Waals surface area contributed by atoms with Crippen molar-refractivity contribution in [2.45, 2.75) is 279 Å². The molecule has 2 amide bonds. The lowest BCUT2D eigenvalue weighted by Crippen LogP contribution is -2.33. The van der Waals surface area contributed by atoms with E-state index in [4.69, 9.17) is 0 Å². The summed E-state index contributed by atoms with van der Waals surface area (Å²) in [5, 5.41) is 0. The van der Waals surface area contributed by atoms with Crippen molar-refractivity contribution in [3.05, 3.63) is 0 Å². The van der Waals surface area contributed by atoms with E-state index < -0.39 is 0 Å². The molecule has 0 atom stereocenters. The molecule has 0 aliphatic heterocycles. The quantitative estimate of drug-likeness (QED) is 0.0576. The zero-order valence-corrected chi connectivity index (χ0v) is 40.0. The van der Waals surface area contributed by atoms with Crippen molar-refractivity contribution in [3.8, 4) is 0 Å². The summed E-state index contributed by atoms with van der Waals surface area (Å²) in [6.07, 6.45) is 47.2. The lowest BCUT2D eigenvalue weighted by Gasteiger charge is -2.24. The van der Waals surface area contributed by atoms with Gasteiger partial charge in [0.05, 0.1) is 0 Å². The number of amides is 2. The summed E-state index contributed by atoms with van der Waals surface area (Å²) in [4.78, 5) is 34.0. The molecule has 0 N–H and O–H groups in total. The Bertz CT molecular complexity index is 729. The van der Waals surface area contributed by atoms with Gasteiger partial charge in [-0.1, -0.05) is 208 Å². The molecular formula is C52H105N3O2. The van der Waals surface area contributed by atoms with Gasteiger partial charge < -0.3 is 14.7 Å². The van der Waals surface area contributed by atoms with Crippen LogP contribution in [0.15, 0.2) is 0 Å². The van der Waals surface area contributed by atoms with Crippen LogP contribution in [0.5, 0.6) is 0 Å². The fourth-order valence-corrected chi connectivity index (χ4v) is 8.40. The van der Waals surface area contributed by atoms with Gasteiger partial charge in [0, 0.05) is 39.0 Å². The van der Waals surface area contributed by atoms with Crippen molar-refractivity contribution in [1.29, 1.82) is 0 Å². The summed E-state index contributed by atoms with van der Waals surface area (Å²) in [6.45, 7) is 18.8. The van der Waals surface area contributed by atoms with Gasteiger partial charge in [-0.25, -0.2) is 0 Å². The number of hydrogen-bond donors (Lipinski definition) is 0. The molecule has 0 unspecified atom stereocenters. The van der Waals surface area contributed by atoms with Gasteiger partial charge in [-0.15, -0.1) is 0 Å². The molecule has 0 saturated carbocycles. The highest BCUT2D eigenvalue weighted by Gasteiger charge is 2.15. The number of nitrogens with zero attached hydrogens (tertiary/aromatic N) is 3. The molecule has 0 heterocycles. The summed E-state index contributed by atoms with van der Waals surface area (Å²) in [7, 11) is 0. The first-order valence-electron chi connectivity index (χ1n) is 26.3. The highest BCUT2D eigenvalue weighted by molar-refractivity contribution is 5.76. The summed E-state index contributed by atoms with van der Waals surface area (Å²) in [5.41, 5.74) is 0. The number of hydrogen-bond acceptors (Lipinski definition) is 3. The van der Waals surface area contributed by atoms with E-state index in [0.717, 1.165) is 77.8 Å². The van der Waals surface area contributed by atoms with Crippen LogP contribution in [0, 0.1) is 0 Å². The Balaban J connectivity index is 4.83. The van der Waals surface area contributed by atoms with Crippen molar-refractivity contribution in [3.63, 3.8) is 0 Å². The first kappa shape index (κ1) is 55.9. The van der Waals surface area contributed by atoms with Crippen molar-refractivity contribution < 1.29 is 9.59 Å². The minimum absolute atomic E-state index is 0.410. The SMILES string of the molecule is CCCCCCCCN(CCCCCC(=O)N(CCCCCCCC)CCCCCCCC)CCCCCC(=O)N(CCCCCCCC)CCCCCCCC. The highest BCUT2D eigenvalue weighted by Crippen LogP contribution is 2.15. The summed E-state index contributed by atoms with van der Waals surface area (Å²) in [6, 6.07) is 0. The Labute approximate surface area is 359 Å². The van der Waals surface area contributed by atoms with Crippen LogP contribution in [0.3, 0.4) is 0 Å². The molecule has 0 rings (SSSR count). The van der Waals surface area contributed by atoms with Crippen LogP contribution in [-0.4, -0.2) is 72.3 Å². The molecule has 5 nitrogen and oxygen atoms in total. The van der Waals surface area contributed by atoms with E-state index in [2.05, 4.69) is 49.3 Å². The molecule has 0 spiro atoms. The van der Waals surface area contributed by atoms with E-state index in [9.17, 15) is 9.59 Å². The van der Waals surface area contributed by atoms with Crippen LogP contribution in [0.4, 0.5) is 0 Å². The smallest absolute Gasteiger partial charge is 0.222 e. The van der Waals surface area contributed by atoms with Crippen molar-refractivity contribution in [2.24, 2.45) is 0 Å². The number of carbonyl (C=O) groups excluding carboxylic acids is 2. The van der Waals surface area contributed by atoms with Crippen molar-refractivity contribution >= 4 is 11.8 Å². The molecule has 0 fully saturated rings. The Morgan fingerprint density at radius 2 is 0.439 bits per heavy atom. The monoisotopic (exact) mass is 804 g/mol. The molecule has 0 aromatic heterocycles. The molecule has 5 heteroatoms. The molecule has 0 aromatic rings. The largest absolute Gasteiger partial charge is 0.343 e. The van der Waals surface area contributed by atoms with Gasteiger partial charge in [-0.3, -0.25) is 9.59 Å². The predicted octanol–water partition coefficient (Wildman–Crippen LogP) is 15.9. The molecule has 57 heavy (non-hydrogen) atoms. The van der Waals surface area contributed by atoms with E-state index in [-0.39, 0.29) is 0 Å². The standard InChI is InChI=1S/C52H105N3O2/c1-6-11-16-21-26-35-44-53(45-36-31-33-42-51(56)54(47-38-27-22-17-12-7-2)48-39-28-23-18-13-8-3)46-37-32-34-43-52(57)55(49-40-29-24-19-14-9-4)50-41-30-25-20-15-10-5/h6-50H2,1-5H3. The molecule has 0 bridgehead atoms. The fraction of sp³-hybridized carbons (Fsp3) is 0.962. The second-order valence-electron chi connectivity index (χ2n) is 18.1. The van der Waals surface area contributed by atoms with Gasteiger partial charge in [-0.2, -0.15) is 0 Å². The van der Waals surface area contributed by atoms with Crippen LogP contribution < -0.4 is 0 Å². The molecule has 0 aromatic carbocycles. The first-order chi connectivity index (χ1) is 28.0. The van der Waals surface area contributed by atoms with E-state index in [1.54, 1.807) is 0 Å². The van der Waals surface area contributed by atoms with Gasteiger partial charge >= 0.3 is 0 Å². The zero-order valence-electron chi connectivity index (χ0n) is 40.0. The predicted molar refractivity (Wildman–Crippen MR) is 253 cm³/mol. The average molecular weight is 804 g/mol. The van der Waals surface area contributed by atoms with Crippen LogP contribution >= 0.6 is 0 Å². The Kier molecular flexibility index (Phi) is 45.1. The van der Waals surface area contributed by atoms with Gasteiger partial charge in [0.1, 0.15) is 0 Å². The maximum absolute atomic E-state index is 13.4. The fourth-order valence-electron chi connectivity index (χ4n) is 8.40. The number of unbranched alkanes of at least 4 members (excludes halogenated alkanes) is 29. The molecule has 340 valence electrons. The Hall–Kier alpha value is -1.10. The van der Waals surface area contributed by atoms with Gasteiger partial charge in [0.15, 0.2) is 0 Å². The second kappa shape index (κ2) is 46.0.